The molecule has 0 aliphatic carbocycles. The van der Waals surface area contributed by atoms with Crippen molar-refractivity contribution in [2.45, 2.75) is 13.5 Å². The minimum atomic E-state index is 0.0641. The van der Waals surface area contributed by atoms with Crippen molar-refractivity contribution in [3.05, 3.63) is 53.6 Å². The molecule has 2 aromatic rings. The number of nitrogens with one attached hydrogen (secondary N) is 2. The fraction of sp³-hybridized carbons (Fsp3) is 0.333. The third kappa shape index (κ3) is 4.10. The first-order chi connectivity index (χ1) is 13.6. The molecule has 2 aromatic carbocycles. The largest absolute Gasteiger partial charge is 0.454 e. The summed E-state index contributed by atoms with van der Waals surface area (Å²) < 4.78 is 11.1. The number of Topliss-reactive ketones (excluding diaryl/α,β-unsaturated/α-hetero) is 1. The van der Waals surface area contributed by atoms with Crippen molar-refractivity contribution in [3.63, 3.8) is 0 Å². The first-order valence-corrected chi connectivity index (χ1v) is 9.89. The van der Waals surface area contributed by atoms with Crippen LogP contribution in [0, 0.1) is 0 Å². The number of para-hydroxylation sites is 1. The first-order valence-electron chi connectivity index (χ1n) is 9.48. The maximum atomic E-state index is 11.4. The van der Waals surface area contributed by atoms with Crippen LogP contribution in [0.5, 0.6) is 11.5 Å². The van der Waals surface area contributed by atoms with Crippen molar-refractivity contribution < 1.29 is 19.2 Å². The Bertz CT molecular complexity index is 877. The summed E-state index contributed by atoms with van der Waals surface area (Å²) in [5, 5.41) is 4.01. The maximum absolute atomic E-state index is 11.4. The highest BCUT2D eigenvalue weighted by Gasteiger charge is 2.25. The Morgan fingerprint density at radius 3 is 2.61 bits per heavy atom. The number of quaternary nitrogens is 1. The van der Waals surface area contributed by atoms with Crippen LogP contribution in [-0.4, -0.2) is 48.8 Å². The zero-order valence-corrected chi connectivity index (χ0v) is 16.7. The number of benzene rings is 2. The standard InChI is InChI=1S/C21H23N3O3S/c1-15(25)16-5-7-18(8-6-16)22-21(28)24-11-9-23(10-12-24)13-17-3-2-4-19-20(17)27-14-26-19/h2-8H,9-14H2,1H3,(H,22,28)/p+1. The van der Waals surface area contributed by atoms with Gasteiger partial charge in [0.15, 0.2) is 22.4 Å². The first kappa shape index (κ1) is 18.7. The van der Waals surface area contributed by atoms with Gasteiger partial charge in [-0.1, -0.05) is 6.07 Å². The molecule has 1 fully saturated rings. The van der Waals surface area contributed by atoms with Crippen LogP contribution in [0.4, 0.5) is 5.69 Å². The molecule has 0 saturated carbocycles. The van der Waals surface area contributed by atoms with E-state index in [-0.39, 0.29) is 5.78 Å². The Hall–Kier alpha value is -2.64. The van der Waals surface area contributed by atoms with Crippen LogP contribution in [0.25, 0.3) is 0 Å². The maximum Gasteiger partial charge on any atom is 0.231 e. The molecule has 0 radical (unpaired) electrons. The fourth-order valence-corrected chi connectivity index (χ4v) is 3.89. The van der Waals surface area contributed by atoms with E-state index in [4.69, 9.17) is 21.7 Å². The number of fused-ring (bicyclic) bond motifs is 1. The van der Waals surface area contributed by atoms with Crippen LogP contribution in [0.2, 0.25) is 0 Å². The number of carbonyl (C=O) groups excluding carboxylic acids is 1. The molecular weight excluding hydrogens is 374 g/mol. The van der Waals surface area contributed by atoms with Crippen molar-refractivity contribution in [2.75, 3.05) is 38.3 Å². The average Bonchev–Trinajstić information content (AvgIpc) is 3.19. The Morgan fingerprint density at radius 2 is 1.89 bits per heavy atom. The predicted molar refractivity (Wildman–Crippen MR) is 111 cm³/mol. The van der Waals surface area contributed by atoms with E-state index in [9.17, 15) is 4.79 Å². The van der Waals surface area contributed by atoms with Crippen LogP contribution in [0.15, 0.2) is 42.5 Å². The third-order valence-electron chi connectivity index (χ3n) is 5.22. The number of carbonyl (C=O) groups is 1. The van der Waals surface area contributed by atoms with Crippen molar-refractivity contribution in [1.82, 2.24) is 4.90 Å². The van der Waals surface area contributed by atoms with E-state index < -0.39 is 0 Å². The van der Waals surface area contributed by atoms with Gasteiger partial charge in [0.1, 0.15) is 6.54 Å². The minimum Gasteiger partial charge on any atom is -0.454 e. The second-order valence-electron chi connectivity index (χ2n) is 7.13. The van der Waals surface area contributed by atoms with Gasteiger partial charge in [-0.25, -0.2) is 0 Å². The highest BCUT2D eigenvalue weighted by atomic mass is 32.1. The van der Waals surface area contributed by atoms with Crippen LogP contribution in [-0.2, 0) is 6.54 Å². The van der Waals surface area contributed by atoms with E-state index >= 15 is 0 Å². The lowest BCUT2D eigenvalue weighted by Gasteiger charge is -2.34. The SMILES string of the molecule is CC(=O)c1ccc(NC(=S)N2CC[NH+](Cc3cccc4c3OCO4)CC2)cc1. The molecule has 0 bridgehead atoms. The molecule has 0 aromatic heterocycles. The lowest BCUT2D eigenvalue weighted by atomic mass is 10.1. The summed E-state index contributed by atoms with van der Waals surface area (Å²) in [5.41, 5.74) is 2.81. The summed E-state index contributed by atoms with van der Waals surface area (Å²) in [6.07, 6.45) is 0. The Kier molecular flexibility index (Phi) is 5.45. The van der Waals surface area contributed by atoms with Crippen LogP contribution in [0.3, 0.4) is 0 Å². The van der Waals surface area contributed by atoms with E-state index in [0.29, 0.717) is 12.4 Å². The summed E-state index contributed by atoms with van der Waals surface area (Å²) in [6.45, 7) is 6.62. The molecule has 2 N–H and O–H groups in total. The summed E-state index contributed by atoms with van der Waals surface area (Å²) in [7, 11) is 0. The molecule has 6 nitrogen and oxygen atoms in total. The molecule has 7 heteroatoms. The fourth-order valence-electron chi connectivity index (χ4n) is 3.59. The minimum absolute atomic E-state index is 0.0641. The molecule has 0 atom stereocenters. The lowest BCUT2D eigenvalue weighted by molar-refractivity contribution is -0.917. The third-order valence-corrected chi connectivity index (χ3v) is 5.58. The molecule has 0 spiro atoms. The Labute approximate surface area is 170 Å². The van der Waals surface area contributed by atoms with Crippen molar-refractivity contribution >= 4 is 28.8 Å². The van der Waals surface area contributed by atoms with Gasteiger partial charge in [0.2, 0.25) is 6.79 Å². The number of rotatable bonds is 4. The lowest BCUT2D eigenvalue weighted by Crippen LogP contribution is -3.13. The van der Waals surface area contributed by atoms with Crippen molar-refractivity contribution in [2.24, 2.45) is 0 Å². The molecule has 2 heterocycles. The number of ether oxygens (including phenoxy) is 2. The molecule has 0 amide bonds. The number of hydrogen-bond acceptors (Lipinski definition) is 4. The second-order valence-corrected chi connectivity index (χ2v) is 7.52. The van der Waals surface area contributed by atoms with Gasteiger partial charge in [0.05, 0.1) is 31.7 Å². The number of ketones is 1. The number of anilines is 1. The van der Waals surface area contributed by atoms with Gasteiger partial charge in [0.25, 0.3) is 0 Å². The molecule has 4 rings (SSSR count). The zero-order chi connectivity index (χ0) is 19.5. The Balaban J connectivity index is 1.30. The van der Waals surface area contributed by atoms with Crippen molar-refractivity contribution in [1.29, 1.82) is 0 Å². The number of thiocarbonyl (C=S) groups is 1. The molecule has 28 heavy (non-hydrogen) atoms. The van der Waals surface area contributed by atoms with Crippen molar-refractivity contribution in [3.8, 4) is 11.5 Å². The van der Waals surface area contributed by atoms with E-state index in [1.165, 1.54) is 10.5 Å². The normalized spacial score (nSPS) is 16.1. The monoisotopic (exact) mass is 398 g/mol. The molecule has 2 aliphatic rings. The molecule has 0 unspecified atom stereocenters. The van der Waals surface area contributed by atoms with Crippen LogP contribution in [0.1, 0.15) is 22.8 Å². The van der Waals surface area contributed by atoms with E-state index in [2.05, 4.69) is 16.3 Å². The molecule has 1 saturated heterocycles. The van der Waals surface area contributed by atoms with Gasteiger partial charge in [-0.05, 0) is 55.5 Å². The summed E-state index contributed by atoms with van der Waals surface area (Å²) in [6, 6.07) is 13.5. The van der Waals surface area contributed by atoms with Crippen LogP contribution < -0.4 is 19.7 Å². The molecule has 146 valence electrons. The summed E-state index contributed by atoms with van der Waals surface area (Å²) in [4.78, 5) is 15.1. The molecule has 2 aliphatic heterocycles. The smallest absolute Gasteiger partial charge is 0.231 e. The Morgan fingerprint density at radius 1 is 1.14 bits per heavy atom. The van der Waals surface area contributed by atoms with Gasteiger partial charge in [-0.2, -0.15) is 0 Å². The van der Waals surface area contributed by atoms with Gasteiger partial charge < -0.3 is 24.6 Å². The average molecular weight is 399 g/mol. The summed E-state index contributed by atoms with van der Waals surface area (Å²) in [5.74, 6) is 1.80. The quantitative estimate of drug-likeness (QED) is 0.604. The number of nitrogens with zero attached hydrogens (tertiary/aromatic N) is 1. The second kappa shape index (κ2) is 8.16. The summed E-state index contributed by atoms with van der Waals surface area (Å²) >= 11 is 5.58. The number of piperazine rings is 1. The van der Waals surface area contributed by atoms with Crippen LogP contribution >= 0.6 is 12.2 Å². The van der Waals surface area contributed by atoms with Gasteiger partial charge in [-0.3, -0.25) is 4.79 Å². The van der Waals surface area contributed by atoms with E-state index in [0.717, 1.165) is 55.0 Å². The highest BCUT2D eigenvalue weighted by molar-refractivity contribution is 7.80. The van der Waals surface area contributed by atoms with Gasteiger partial charge in [0, 0.05) is 11.3 Å². The van der Waals surface area contributed by atoms with Gasteiger partial charge >= 0.3 is 0 Å². The van der Waals surface area contributed by atoms with E-state index in [1.54, 1.807) is 6.92 Å². The predicted octanol–water partition coefficient (Wildman–Crippen LogP) is 1.72. The topological polar surface area (TPSA) is 55.2 Å². The highest BCUT2D eigenvalue weighted by Crippen LogP contribution is 2.34. The van der Waals surface area contributed by atoms with E-state index in [1.807, 2.05) is 36.4 Å². The zero-order valence-electron chi connectivity index (χ0n) is 15.9. The molecular formula is C21H24N3O3S+. The van der Waals surface area contributed by atoms with Gasteiger partial charge in [-0.15, -0.1) is 0 Å². The number of hydrogen-bond donors (Lipinski definition) is 2.